The summed E-state index contributed by atoms with van der Waals surface area (Å²) < 4.78 is 11.8. The van der Waals surface area contributed by atoms with Crippen LogP contribution in [-0.2, 0) is 24.4 Å². The number of hydrogen-bond acceptors (Lipinski definition) is 4. The Hall–Kier alpha value is -4.32. The van der Waals surface area contributed by atoms with Crippen LogP contribution in [-0.4, -0.2) is 23.9 Å². The molecule has 0 aliphatic carbocycles. The maximum atomic E-state index is 12.9. The summed E-state index contributed by atoms with van der Waals surface area (Å²) in [6.07, 6.45) is 4.00. The molecule has 0 spiro atoms. The van der Waals surface area contributed by atoms with Gasteiger partial charge in [-0.2, -0.15) is 0 Å². The van der Waals surface area contributed by atoms with E-state index in [-0.39, 0.29) is 18.1 Å². The summed E-state index contributed by atoms with van der Waals surface area (Å²) in [5.74, 6) is 0.798. The maximum absolute atomic E-state index is 12.9. The second-order valence-electron chi connectivity index (χ2n) is 8.34. The molecule has 0 bridgehead atoms. The van der Waals surface area contributed by atoms with E-state index in [4.69, 9.17) is 9.47 Å². The first-order valence-corrected chi connectivity index (χ1v) is 11.4. The van der Waals surface area contributed by atoms with E-state index in [2.05, 4.69) is 11.9 Å². The SMILES string of the molecule is C=CCc1cc(/C=C2/NC(=O)N(Cc3ccccc3)C2=O)cc(OC)c1OCc1ccc(C)cc1. The number of ether oxygens (including phenoxy) is 2. The van der Waals surface area contributed by atoms with Crippen LogP contribution in [0.3, 0.4) is 0 Å². The van der Waals surface area contributed by atoms with Crippen LogP contribution in [0.2, 0.25) is 0 Å². The van der Waals surface area contributed by atoms with Crippen molar-refractivity contribution in [3.05, 3.63) is 113 Å². The minimum atomic E-state index is -0.443. The number of imide groups is 1. The number of nitrogens with zero attached hydrogens (tertiary/aromatic N) is 1. The minimum Gasteiger partial charge on any atom is -0.493 e. The highest BCUT2D eigenvalue weighted by atomic mass is 16.5. The second kappa shape index (κ2) is 10.7. The van der Waals surface area contributed by atoms with Gasteiger partial charge in [0.15, 0.2) is 11.5 Å². The van der Waals surface area contributed by atoms with Crippen molar-refractivity contribution in [3.8, 4) is 11.5 Å². The number of amides is 3. The Kier molecular flexibility index (Phi) is 7.31. The molecule has 6 heteroatoms. The van der Waals surface area contributed by atoms with Gasteiger partial charge in [0.05, 0.1) is 13.7 Å². The van der Waals surface area contributed by atoms with Crippen molar-refractivity contribution in [2.75, 3.05) is 7.11 Å². The molecule has 1 fully saturated rings. The van der Waals surface area contributed by atoms with Crippen LogP contribution in [0.25, 0.3) is 6.08 Å². The van der Waals surface area contributed by atoms with Gasteiger partial charge in [0.2, 0.25) is 0 Å². The Morgan fingerprint density at radius 3 is 2.43 bits per heavy atom. The number of benzene rings is 3. The van der Waals surface area contributed by atoms with Crippen molar-refractivity contribution in [2.45, 2.75) is 26.5 Å². The highest BCUT2D eigenvalue weighted by molar-refractivity contribution is 6.13. The average molecular weight is 469 g/mol. The molecule has 6 nitrogen and oxygen atoms in total. The molecule has 4 rings (SSSR count). The summed E-state index contributed by atoms with van der Waals surface area (Å²) in [5, 5.41) is 2.68. The summed E-state index contributed by atoms with van der Waals surface area (Å²) in [5.41, 5.74) is 4.91. The number of methoxy groups -OCH3 is 1. The van der Waals surface area contributed by atoms with Crippen LogP contribution in [0.5, 0.6) is 11.5 Å². The predicted octanol–water partition coefficient (Wildman–Crippen LogP) is 5.40. The van der Waals surface area contributed by atoms with Gasteiger partial charge >= 0.3 is 6.03 Å². The number of nitrogens with one attached hydrogen (secondary N) is 1. The molecule has 3 aromatic carbocycles. The van der Waals surface area contributed by atoms with Gasteiger partial charge in [0, 0.05) is 5.56 Å². The number of allylic oxidation sites excluding steroid dienone is 1. The summed E-state index contributed by atoms with van der Waals surface area (Å²) in [6, 6.07) is 20.8. The van der Waals surface area contributed by atoms with E-state index in [9.17, 15) is 9.59 Å². The molecular formula is C29H28N2O4. The molecule has 178 valence electrons. The van der Waals surface area contributed by atoms with Crippen molar-refractivity contribution in [3.63, 3.8) is 0 Å². The lowest BCUT2D eigenvalue weighted by Crippen LogP contribution is -2.30. The van der Waals surface area contributed by atoms with Gasteiger partial charge in [-0.05, 0) is 48.2 Å². The normalized spacial score (nSPS) is 14.2. The van der Waals surface area contributed by atoms with Gasteiger partial charge in [-0.25, -0.2) is 4.79 Å². The second-order valence-corrected chi connectivity index (χ2v) is 8.34. The first kappa shape index (κ1) is 23.8. The van der Waals surface area contributed by atoms with Crippen LogP contribution in [0.4, 0.5) is 4.79 Å². The van der Waals surface area contributed by atoms with Gasteiger partial charge in [0.1, 0.15) is 12.3 Å². The fraction of sp³-hybridized carbons (Fsp3) is 0.172. The lowest BCUT2D eigenvalue weighted by Gasteiger charge is -2.16. The number of hydrogen-bond donors (Lipinski definition) is 1. The lowest BCUT2D eigenvalue weighted by atomic mass is 10.0. The van der Waals surface area contributed by atoms with Crippen LogP contribution < -0.4 is 14.8 Å². The summed E-state index contributed by atoms with van der Waals surface area (Å²) in [4.78, 5) is 26.6. The minimum absolute atomic E-state index is 0.208. The van der Waals surface area contributed by atoms with Crippen LogP contribution in [0.1, 0.15) is 27.8 Å². The van der Waals surface area contributed by atoms with Crippen molar-refractivity contribution in [1.82, 2.24) is 10.2 Å². The van der Waals surface area contributed by atoms with Crippen molar-refractivity contribution < 1.29 is 19.1 Å². The van der Waals surface area contributed by atoms with Gasteiger partial charge < -0.3 is 14.8 Å². The Bertz CT molecular complexity index is 1260. The number of carbonyl (C=O) groups excluding carboxylic acids is 2. The van der Waals surface area contributed by atoms with Gasteiger partial charge in [0.25, 0.3) is 5.91 Å². The fourth-order valence-corrected chi connectivity index (χ4v) is 3.88. The number of aryl methyl sites for hydroxylation is 1. The maximum Gasteiger partial charge on any atom is 0.329 e. The van der Waals surface area contributed by atoms with Gasteiger partial charge in [-0.15, -0.1) is 6.58 Å². The fourth-order valence-electron chi connectivity index (χ4n) is 3.88. The number of urea groups is 1. The third-order valence-corrected chi connectivity index (χ3v) is 5.70. The van der Waals surface area contributed by atoms with E-state index >= 15 is 0 Å². The van der Waals surface area contributed by atoms with Gasteiger partial charge in [-0.1, -0.05) is 66.2 Å². The third-order valence-electron chi connectivity index (χ3n) is 5.70. The van der Waals surface area contributed by atoms with E-state index in [0.717, 1.165) is 16.7 Å². The molecule has 3 aromatic rings. The smallest absolute Gasteiger partial charge is 0.329 e. The van der Waals surface area contributed by atoms with E-state index in [1.807, 2.05) is 67.6 Å². The van der Waals surface area contributed by atoms with E-state index in [0.29, 0.717) is 30.1 Å². The van der Waals surface area contributed by atoms with Crippen LogP contribution in [0.15, 0.2) is 85.1 Å². The van der Waals surface area contributed by atoms with E-state index < -0.39 is 6.03 Å². The molecule has 3 amide bonds. The Morgan fingerprint density at radius 1 is 1.00 bits per heavy atom. The Labute approximate surface area is 205 Å². The number of carbonyl (C=O) groups is 2. The lowest BCUT2D eigenvalue weighted by molar-refractivity contribution is -0.123. The van der Waals surface area contributed by atoms with Crippen LogP contribution >= 0.6 is 0 Å². The Balaban J connectivity index is 1.59. The molecule has 35 heavy (non-hydrogen) atoms. The highest BCUT2D eigenvalue weighted by Gasteiger charge is 2.33. The first-order valence-electron chi connectivity index (χ1n) is 11.4. The monoisotopic (exact) mass is 468 g/mol. The molecule has 1 heterocycles. The summed E-state index contributed by atoms with van der Waals surface area (Å²) in [6.45, 7) is 6.50. The van der Waals surface area contributed by atoms with Crippen molar-refractivity contribution in [2.24, 2.45) is 0 Å². The molecule has 1 aliphatic rings. The molecule has 1 saturated heterocycles. The average Bonchev–Trinajstić information content (AvgIpc) is 3.12. The first-order chi connectivity index (χ1) is 17.0. The zero-order valence-electron chi connectivity index (χ0n) is 19.9. The largest absolute Gasteiger partial charge is 0.493 e. The molecule has 0 unspecified atom stereocenters. The molecule has 0 atom stereocenters. The standard InChI is InChI=1S/C29H28N2O4/c1-4-8-24-15-23(17-26(34-3)27(24)35-19-22-13-11-20(2)12-14-22)16-25-28(32)31(29(33)30-25)18-21-9-6-5-7-10-21/h4-7,9-17H,1,8,18-19H2,2-3H3,(H,30,33)/b25-16+. The Morgan fingerprint density at radius 2 is 1.74 bits per heavy atom. The zero-order valence-corrected chi connectivity index (χ0v) is 19.9. The van der Waals surface area contributed by atoms with Gasteiger partial charge in [-0.3, -0.25) is 9.69 Å². The molecule has 1 aliphatic heterocycles. The number of rotatable bonds is 9. The van der Waals surface area contributed by atoms with Crippen molar-refractivity contribution in [1.29, 1.82) is 0 Å². The third kappa shape index (κ3) is 5.61. The van der Waals surface area contributed by atoms with Crippen LogP contribution in [0, 0.1) is 6.92 Å². The predicted molar refractivity (Wildman–Crippen MR) is 136 cm³/mol. The summed E-state index contributed by atoms with van der Waals surface area (Å²) in [7, 11) is 1.58. The topological polar surface area (TPSA) is 67.9 Å². The zero-order chi connectivity index (χ0) is 24.8. The van der Waals surface area contributed by atoms with E-state index in [1.54, 1.807) is 25.3 Å². The molecule has 0 aromatic heterocycles. The van der Waals surface area contributed by atoms with E-state index in [1.165, 1.54) is 10.5 Å². The van der Waals surface area contributed by atoms with Crippen molar-refractivity contribution >= 4 is 18.0 Å². The molecule has 0 radical (unpaired) electrons. The summed E-state index contributed by atoms with van der Waals surface area (Å²) >= 11 is 0. The molecule has 0 saturated carbocycles. The molecule has 1 N–H and O–H groups in total. The highest BCUT2D eigenvalue weighted by Crippen LogP contribution is 2.35. The molecular weight excluding hydrogens is 440 g/mol. The quantitative estimate of drug-likeness (QED) is 0.259.